The van der Waals surface area contributed by atoms with Crippen molar-refractivity contribution in [3.05, 3.63) is 39.9 Å². The number of likely N-dealkylation sites (tertiary alicyclic amines) is 1. The maximum absolute atomic E-state index is 10.8. The van der Waals surface area contributed by atoms with E-state index in [2.05, 4.69) is 17.0 Å². The molecule has 3 fully saturated rings. The van der Waals surface area contributed by atoms with E-state index in [4.69, 9.17) is 16.3 Å². The monoisotopic (exact) mass is 361 g/mol. The van der Waals surface area contributed by atoms with Crippen molar-refractivity contribution in [1.82, 2.24) is 4.90 Å². The average Bonchev–Trinajstić information content (AvgIpc) is 2.57. The third kappa shape index (κ3) is 3.80. The third-order valence-corrected chi connectivity index (χ3v) is 6.58. The first kappa shape index (κ1) is 17.5. The molecule has 2 saturated heterocycles. The zero-order valence-electron chi connectivity index (χ0n) is 14.8. The highest BCUT2D eigenvalue weighted by molar-refractivity contribution is 6.32. The number of benzene rings is 1. The van der Waals surface area contributed by atoms with Crippen molar-refractivity contribution in [1.29, 1.82) is 0 Å². The molecule has 3 aliphatic rings. The van der Waals surface area contributed by atoms with E-state index in [0.717, 1.165) is 35.0 Å². The van der Waals surface area contributed by atoms with Crippen LogP contribution in [0.2, 0.25) is 5.02 Å². The topological polar surface area (TPSA) is 32.7 Å². The first-order chi connectivity index (χ1) is 12.1. The first-order valence-corrected chi connectivity index (χ1v) is 10.1. The van der Waals surface area contributed by atoms with Crippen LogP contribution in [0.1, 0.15) is 56.1 Å². The van der Waals surface area contributed by atoms with Gasteiger partial charge in [-0.25, -0.2) is 0 Å². The molecular formula is C21H28ClNO2. The van der Waals surface area contributed by atoms with Crippen molar-refractivity contribution in [3.63, 3.8) is 0 Å². The zero-order valence-corrected chi connectivity index (χ0v) is 15.6. The average molecular weight is 362 g/mol. The quantitative estimate of drug-likeness (QED) is 0.867. The van der Waals surface area contributed by atoms with Gasteiger partial charge in [0, 0.05) is 50.2 Å². The molecule has 3 nitrogen and oxygen atoms in total. The van der Waals surface area contributed by atoms with Gasteiger partial charge in [-0.15, -0.1) is 0 Å². The second-order valence-electron chi connectivity index (χ2n) is 7.80. The molecule has 1 aliphatic carbocycles. The van der Waals surface area contributed by atoms with Crippen LogP contribution in [0, 0.1) is 0 Å². The maximum atomic E-state index is 10.8. The maximum Gasteiger partial charge on any atom is 0.0940 e. The number of piperidine rings is 1. The lowest BCUT2D eigenvalue weighted by molar-refractivity contribution is -0.0679. The molecule has 136 valence electrons. The summed E-state index contributed by atoms with van der Waals surface area (Å²) in [5.74, 6) is 0. The largest absolute Gasteiger partial charge is 0.385 e. The molecule has 1 saturated carbocycles. The van der Waals surface area contributed by atoms with E-state index in [1.54, 1.807) is 0 Å². The van der Waals surface area contributed by atoms with Crippen LogP contribution in [0.3, 0.4) is 0 Å². The lowest BCUT2D eigenvalue weighted by Crippen LogP contribution is -2.43. The van der Waals surface area contributed by atoms with Gasteiger partial charge >= 0.3 is 0 Å². The van der Waals surface area contributed by atoms with Gasteiger partial charge in [0.2, 0.25) is 0 Å². The summed E-state index contributed by atoms with van der Waals surface area (Å²) < 4.78 is 5.37. The Kier molecular flexibility index (Phi) is 5.19. The number of rotatable bonds is 3. The molecule has 0 amide bonds. The Morgan fingerprint density at radius 2 is 1.88 bits per heavy atom. The Labute approximate surface area is 155 Å². The second-order valence-corrected chi connectivity index (χ2v) is 8.21. The Morgan fingerprint density at radius 1 is 1.16 bits per heavy atom. The number of nitrogens with zero attached hydrogens (tertiary/aromatic N) is 1. The van der Waals surface area contributed by atoms with Crippen LogP contribution in [0.5, 0.6) is 0 Å². The van der Waals surface area contributed by atoms with Gasteiger partial charge in [0.05, 0.1) is 5.60 Å². The number of hydrogen-bond donors (Lipinski definition) is 1. The summed E-state index contributed by atoms with van der Waals surface area (Å²) in [6.45, 7) is 3.59. The van der Waals surface area contributed by atoms with Crippen LogP contribution in [0.25, 0.3) is 6.08 Å². The number of aliphatic hydroxyl groups is 1. The molecule has 1 aromatic carbocycles. The summed E-state index contributed by atoms with van der Waals surface area (Å²) in [4.78, 5) is 2.66. The van der Waals surface area contributed by atoms with Crippen molar-refractivity contribution < 1.29 is 9.84 Å². The summed E-state index contributed by atoms with van der Waals surface area (Å²) in [7, 11) is 0. The zero-order chi connectivity index (χ0) is 17.3. The minimum atomic E-state index is -0.790. The highest BCUT2D eigenvalue weighted by atomic mass is 35.5. The summed E-state index contributed by atoms with van der Waals surface area (Å²) in [5, 5.41) is 11.6. The van der Waals surface area contributed by atoms with Crippen molar-refractivity contribution in [2.45, 2.75) is 56.6 Å². The normalized spacial score (nSPS) is 24.8. The van der Waals surface area contributed by atoms with Gasteiger partial charge in [0.25, 0.3) is 0 Å². The molecule has 25 heavy (non-hydrogen) atoms. The highest BCUT2D eigenvalue weighted by Crippen LogP contribution is 2.35. The number of hydrogen-bond acceptors (Lipinski definition) is 3. The van der Waals surface area contributed by atoms with E-state index in [1.807, 2.05) is 12.1 Å². The molecule has 4 rings (SSSR count). The molecule has 0 atom stereocenters. The Balaban J connectivity index is 1.44. The lowest BCUT2D eigenvalue weighted by atomic mass is 9.86. The fourth-order valence-electron chi connectivity index (χ4n) is 4.22. The Hall–Kier alpha value is -0.870. The fraction of sp³-hybridized carbons (Fsp3) is 0.619. The minimum Gasteiger partial charge on any atom is -0.385 e. The molecule has 0 bridgehead atoms. The first-order valence-electron chi connectivity index (χ1n) is 9.68. The van der Waals surface area contributed by atoms with Crippen LogP contribution < -0.4 is 0 Å². The van der Waals surface area contributed by atoms with Gasteiger partial charge in [-0.2, -0.15) is 0 Å². The van der Waals surface area contributed by atoms with Gasteiger partial charge in [-0.05, 0) is 42.9 Å². The summed E-state index contributed by atoms with van der Waals surface area (Å²) in [6.07, 6.45) is 10.0. The standard InChI is InChI=1S/C21H28ClNO2/c22-20-15-18(21(24)8-12-25-13-9-21)5-4-17(20)14-16-6-10-23(11-7-16)19-2-1-3-19/h4-5,14-15,19,24H,1-3,6-13H2. The molecular weight excluding hydrogens is 334 g/mol. The van der Waals surface area contributed by atoms with Crippen molar-refractivity contribution in [2.24, 2.45) is 0 Å². The van der Waals surface area contributed by atoms with Gasteiger partial charge in [-0.3, -0.25) is 4.90 Å². The van der Waals surface area contributed by atoms with Crippen LogP contribution in [0.15, 0.2) is 23.8 Å². The fourth-order valence-corrected chi connectivity index (χ4v) is 4.46. The Bertz CT molecular complexity index is 637. The third-order valence-electron chi connectivity index (χ3n) is 6.25. The van der Waals surface area contributed by atoms with E-state index in [1.165, 1.54) is 37.9 Å². The van der Waals surface area contributed by atoms with E-state index in [9.17, 15) is 5.11 Å². The molecule has 1 aromatic rings. The summed E-state index contributed by atoms with van der Waals surface area (Å²) >= 11 is 6.54. The number of ether oxygens (including phenoxy) is 1. The van der Waals surface area contributed by atoms with Crippen LogP contribution in [-0.2, 0) is 10.3 Å². The van der Waals surface area contributed by atoms with Crippen molar-refractivity contribution in [2.75, 3.05) is 26.3 Å². The predicted molar refractivity (Wildman–Crippen MR) is 102 cm³/mol. The van der Waals surface area contributed by atoms with Crippen LogP contribution in [0.4, 0.5) is 0 Å². The minimum absolute atomic E-state index is 0.609. The van der Waals surface area contributed by atoms with E-state index in [0.29, 0.717) is 26.1 Å². The molecule has 0 spiro atoms. The molecule has 0 aromatic heterocycles. The molecule has 0 unspecified atom stereocenters. The van der Waals surface area contributed by atoms with Crippen molar-refractivity contribution in [3.8, 4) is 0 Å². The lowest BCUT2D eigenvalue weighted by Gasteiger charge is -2.40. The highest BCUT2D eigenvalue weighted by Gasteiger charge is 2.32. The van der Waals surface area contributed by atoms with Crippen LogP contribution >= 0.6 is 11.6 Å². The summed E-state index contributed by atoms with van der Waals surface area (Å²) in [5.41, 5.74) is 2.70. The van der Waals surface area contributed by atoms with E-state index >= 15 is 0 Å². The molecule has 0 radical (unpaired) electrons. The van der Waals surface area contributed by atoms with Gasteiger partial charge < -0.3 is 9.84 Å². The SMILES string of the molecule is OC1(c2ccc(C=C3CCN(C4CCC4)CC3)c(Cl)c2)CCOCC1. The van der Waals surface area contributed by atoms with Gasteiger partial charge in [0.1, 0.15) is 0 Å². The number of halogens is 1. The molecule has 4 heteroatoms. The van der Waals surface area contributed by atoms with Crippen LogP contribution in [-0.4, -0.2) is 42.4 Å². The second kappa shape index (κ2) is 7.40. The smallest absolute Gasteiger partial charge is 0.0940 e. The Morgan fingerprint density at radius 3 is 2.48 bits per heavy atom. The van der Waals surface area contributed by atoms with Gasteiger partial charge in [0.15, 0.2) is 0 Å². The van der Waals surface area contributed by atoms with E-state index < -0.39 is 5.60 Å². The van der Waals surface area contributed by atoms with Crippen molar-refractivity contribution >= 4 is 17.7 Å². The molecule has 2 heterocycles. The summed E-state index contributed by atoms with van der Waals surface area (Å²) in [6, 6.07) is 6.90. The molecule has 1 N–H and O–H groups in total. The molecule has 2 aliphatic heterocycles. The van der Waals surface area contributed by atoms with E-state index in [-0.39, 0.29) is 0 Å². The van der Waals surface area contributed by atoms with Gasteiger partial charge in [-0.1, -0.05) is 41.8 Å². The predicted octanol–water partition coefficient (Wildman–Crippen LogP) is 4.37.